The van der Waals surface area contributed by atoms with Gasteiger partial charge in [0.15, 0.2) is 5.82 Å². The Hall–Kier alpha value is -2.70. The van der Waals surface area contributed by atoms with E-state index in [-0.39, 0.29) is 11.8 Å². The van der Waals surface area contributed by atoms with Crippen LogP contribution in [0.15, 0.2) is 53.4 Å². The lowest BCUT2D eigenvalue weighted by molar-refractivity contribution is -0.116. The second-order valence-electron chi connectivity index (χ2n) is 6.40. The summed E-state index contributed by atoms with van der Waals surface area (Å²) in [5.41, 5.74) is 6.07. The number of anilines is 1. The number of hydrogen-bond donors (Lipinski definition) is 2. The molecule has 0 bridgehead atoms. The summed E-state index contributed by atoms with van der Waals surface area (Å²) >= 11 is 7.56. The zero-order valence-corrected chi connectivity index (χ0v) is 16.1. The Morgan fingerprint density at radius 3 is 2.96 bits per heavy atom. The minimum Gasteiger partial charge on any atom is -0.337 e. The number of thiazole rings is 1. The molecule has 1 amide bonds. The van der Waals surface area contributed by atoms with Gasteiger partial charge in [0.2, 0.25) is 5.91 Å². The number of rotatable bonds is 5. The molecule has 4 rings (SSSR count). The summed E-state index contributed by atoms with van der Waals surface area (Å²) in [6.07, 6.45) is 0.380. The molecule has 0 aliphatic carbocycles. The first-order valence-electron chi connectivity index (χ1n) is 8.52. The van der Waals surface area contributed by atoms with E-state index in [1.54, 1.807) is 5.51 Å². The highest BCUT2D eigenvalue weighted by Crippen LogP contribution is 2.25. The van der Waals surface area contributed by atoms with Gasteiger partial charge in [-0.2, -0.15) is 0 Å². The molecule has 0 fully saturated rings. The van der Waals surface area contributed by atoms with Crippen molar-refractivity contribution in [1.82, 2.24) is 15.0 Å². The van der Waals surface area contributed by atoms with Gasteiger partial charge < -0.3 is 10.3 Å². The third-order valence-corrected chi connectivity index (χ3v) is 5.17. The number of nitrogens with zero attached hydrogens (tertiary/aromatic N) is 2. The van der Waals surface area contributed by atoms with Crippen molar-refractivity contribution in [3.63, 3.8) is 0 Å². The minimum absolute atomic E-state index is 0.0407. The van der Waals surface area contributed by atoms with E-state index in [1.807, 2.05) is 54.8 Å². The number of amides is 1. The second-order valence-corrected chi connectivity index (χ2v) is 7.55. The summed E-state index contributed by atoms with van der Waals surface area (Å²) in [6.45, 7) is 2.02. The van der Waals surface area contributed by atoms with Crippen molar-refractivity contribution in [2.24, 2.45) is 0 Å². The van der Waals surface area contributed by atoms with Gasteiger partial charge in [-0.3, -0.25) is 4.79 Å². The Labute approximate surface area is 165 Å². The lowest BCUT2D eigenvalue weighted by atomic mass is 9.97. The van der Waals surface area contributed by atoms with Gasteiger partial charge in [0.05, 0.1) is 16.5 Å². The standard InChI is InChI=1S/C20H17ClN4OS/c1-12(13-3-2-4-14(21)8-13)7-19(26)23-15-5-6-16-17(9-15)25-20(24-16)18-10-27-11-22-18/h2-6,8-12H,7H2,1H3,(H,23,26)(H,24,25)/t12-/m1/s1. The molecule has 0 aliphatic heterocycles. The van der Waals surface area contributed by atoms with Crippen LogP contribution in [0.5, 0.6) is 0 Å². The Bertz CT molecular complexity index is 1090. The summed E-state index contributed by atoms with van der Waals surface area (Å²) < 4.78 is 0. The Morgan fingerprint density at radius 2 is 2.19 bits per heavy atom. The SMILES string of the molecule is C[C@H](CC(=O)Nc1ccc2nc(-c3cscn3)[nH]c2c1)c1cccc(Cl)c1. The maximum absolute atomic E-state index is 12.4. The fraction of sp³-hybridized carbons (Fsp3) is 0.150. The van der Waals surface area contributed by atoms with Gasteiger partial charge in [0.1, 0.15) is 5.69 Å². The predicted molar refractivity (Wildman–Crippen MR) is 110 cm³/mol. The summed E-state index contributed by atoms with van der Waals surface area (Å²) in [7, 11) is 0. The maximum Gasteiger partial charge on any atom is 0.224 e. The third-order valence-electron chi connectivity index (χ3n) is 4.35. The molecular formula is C20H17ClN4OS. The average molecular weight is 397 g/mol. The van der Waals surface area contributed by atoms with Crippen LogP contribution in [0.1, 0.15) is 24.8 Å². The monoisotopic (exact) mass is 396 g/mol. The highest BCUT2D eigenvalue weighted by molar-refractivity contribution is 7.07. The molecule has 27 heavy (non-hydrogen) atoms. The van der Waals surface area contributed by atoms with Crippen LogP contribution in [-0.2, 0) is 4.79 Å². The molecule has 2 heterocycles. The molecule has 136 valence electrons. The van der Waals surface area contributed by atoms with E-state index in [4.69, 9.17) is 11.6 Å². The topological polar surface area (TPSA) is 70.7 Å². The number of carbonyl (C=O) groups is 1. The molecule has 0 aliphatic rings. The maximum atomic E-state index is 12.4. The van der Waals surface area contributed by atoms with Crippen LogP contribution in [0, 0.1) is 0 Å². The second kappa shape index (κ2) is 7.50. The summed E-state index contributed by atoms with van der Waals surface area (Å²) in [5, 5.41) is 5.58. The Morgan fingerprint density at radius 1 is 1.30 bits per heavy atom. The van der Waals surface area contributed by atoms with E-state index in [0.29, 0.717) is 11.4 Å². The van der Waals surface area contributed by atoms with Crippen molar-refractivity contribution in [1.29, 1.82) is 0 Å². The first-order valence-corrected chi connectivity index (χ1v) is 9.84. The lowest BCUT2D eigenvalue weighted by Crippen LogP contribution is -2.14. The number of hydrogen-bond acceptors (Lipinski definition) is 4. The van der Waals surface area contributed by atoms with Crippen LogP contribution in [0.2, 0.25) is 5.02 Å². The normalized spacial score (nSPS) is 12.2. The van der Waals surface area contributed by atoms with E-state index >= 15 is 0 Å². The van der Waals surface area contributed by atoms with Crippen molar-refractivity contribution in [3.8, 4) is 11.5 Å². The number of H-pyrrole nitrogens is 1. The fourth-order valence-electron chi connectivity index (χ4n) is 2.96. The molecule has 0 spiro atoms. The van der Waals surface area contributed by atoms with Gasteiger partial charge in [-0.05, 0) is 41.8 Å². The summed E-state index contributed by atoms with van der Waals surface area (Å²) in [5.74, 6) is 0.765. The van der Waals surface area contributed by atoms with Crippen molar-refractivity contribution in [2.75, 3.05) is 5.32 Å². The average Bonchev–Trinajstić information content (AvgIpc) is 3.30. The fourth-order valence-corrected chi connectivity index (χ4v) is 3.69. The van der Waals surface area contributed by atoms with E-state index in [9.17, 15) is 4.79 Å². The Kier molecular flexibility index (Phi) is 4.92. The molecule has 4 aromatic rings. The van der Waals surface area contributed by atoms with E-state index in [2.05, 4.69) is 20.3 Å². The number of aromatic amines is 1. The zero-order valence-electron chi connectivity index (χ0n) is 14.6. The smallest absolute Gasteiger partial charge is 0.224 e. The van der Waals surface area contributed by atoms with E-state index in [0.717, 1.165) is 33.8 Å². The van der Waals surface area contributed by atoms with Crippen LogP contribution in [0.25, 0.3) is 22.6 Å². The number of aromatic nitrogens is 3. The van der Waals surface area contributed by atoms with Gasteiger partial charge in [-0.15, -0.1) is 11.3 Å². The van der Waals surface area contributed by atoms with Gasteiger partial charge >= 0.3 is 0 Å². The quantitative estimate of drug-likeness (QED) is 0.469. The van der Waals surface area contributed by atoms with E-state index in [1.165, 1.54) is 11.3 Å². The van der Waals surface area contributed by atoms with E-state index < -0.39 is 0 Å². The van der Waals surface area contributed by atoms with Crippen molar-refractivity contribution >= 4 is 45.6 Å². The van der Waals surface area contributed by atoms with Crippen molar-refractivity contribution in [2.45, 2.75) is 19.3 Å². The predicted octanol–water partition coefficient (Wildman–Crippen LogP) is 5.47. The van der Waals surface area contributed by atoms with Gasteiger partial charge in [-0.1, -0.05) is 30.7 Å². The minimum atomic E-state index is -0.0407. The molecule has 5 nitrogen and oxygen atoms in total. The molecule has 2 aromatic carbocycles. The van der Waals surface area contributed by atoms with Gasteiger partial charge in [0.25, 0.3) is 0 Å². The number of imidazole rings is 1. The van der Waals surface area contributed by atoms with Crippen LogP contribution < -0.4 is 5.32 Å². The third kappa shape index (κ3) is 4.02. The van der Waals surface area contributed by atoms with Crippen molar-refractivity contribution < 1.29 is 4.79 Å². The molecule has 0 unspecified atom stereocenters. The Balaban J connectivity index is 1.47. The number of carbonyl (C=O) groups excluding carboxylic acids is 1. The van der Waals surface area contributed by atoms with Gasteiger partial charge in [0, 0.05) is 22.5 Å². The first-order chi connectivity index (χ1) is 13.1. The molecule has 0 saturated carbocycles. The van der Waals surface area contributed by atoms with Gasteiger partial charge in [-0.25, -0.2) is 9.97 Å². The number of halogens is 1. The number of benzene rings is 2. The molecule has 7 heteroatoms. The van der Waals surface area contributed by atoms with Crippen LogP contribution in [-0.4, -0.2) is 20.9 Å². The summed E-state index contributed by atoms with van der Waals surface area (Å²) in [4.78, 5) is 24.5. The first kappa shape index (κ1) is 17.7. The lowest BCUT2D eigenvalue weighted by Gasteiger charge is -2.12. The van der Waals surface area contributed by atoms with Crippen LogP contribution in [0.3, 0.4) is 0 Å². The van der Waals surface area contributed by atoms with Crippen LogP contribution >= 0.6 is 22.9 Å². The van der Waals surface area contributed by atoms with Crippen molar-refractivity contribution in [3.05, 3.63) is 63.9 Å². The highest BCUT2D eigenvalue weighted by atomic mass is 35.5. The number of fused-ring (bicyclic) bond motifs is 1. The molecule has 0 radical (unpaired) electrons. The largest absolute Gasteiger partial charge is 0.337 e. The molecule has 2 N–H and O–H groups in total. The zero-order chi connectivity index (χ0) is 18.8. The van der Waals surface area contributed by atoms with Crippen LogP contribution in [0.4, 0.5) is 5.69 Å². The highest BCUT2D eigenvalue weighted by Gasteiger charge is 2.13. The molecular weight excluding hydrogens is 380 g/mol. The number of nitrogens with one attached hydrogen (secondary N) is 2. The summed E-state index contributed by atoms with van der Waals surface area (Å²) in [6, 6.07) is 13.2. The molecule has 2 aromatic heterocycles. The molecule has 1 atom stereocenters. The molecule has 0 saturated heterocycles.